The van der Waals surface area contributed by atoms with Gasteiger partial charge in [0.1, 0.15) is 24.0 Å². The highest BCUT2D eigenvalue weighted by Crippen LogP contribution is 2.31. The predicted octanol–water partition coefficient (Wildman–Crippen LogP) is 5.12. The molecule has 1 aliphatic rings. The van der Waals surface area contributed by atoms with Crippen molar-refractivity contribution in [2.24, 2.45) is 0 Å². The van der Waals surface area contributed by atoms with Crippen molar-refractivity contribution in [3.8, 4) is 0 Å². The molecule has 2 aromatic heterocycles. The van der Waals surface area contributed by atoms with Crippen LogP contribution >= 0.6 is 11.6 Å². The Morgan fingerprint density at radius 1 is 1.32 bits per heavy atom. The highest BCUT2D eigenvalue weighted by molar-refractivity contribution is 6.30. The van der Waals surface area contributed by atoms with Gasteiger partial charge in [0.05, 0.1) is 11.9 Å². The van der Waals surface area contributed by atoms with Gasteiger partial charge in [-0.05, 0) is 49.9 Å². The van der Waals surface area contributed by atoms with Crippen molar-refractivity contribution in [2.45, 2.75) is 51.6 Å². The van der Waals surface area contributed by atoms with Crippen LogP contribution in [0.4, 0.5) is 8.78 Å². The van der Waals surface area contributed by atoms with Gasteiger partial charge in [0.15, 0.2) is 0 Å². The lowest BCUT2D eigenvalue weighted by Gasteiger charge is -2.34. The van der Waals surface area contributed by atoms with Crippen molar-refractivity contribution in [1.29, 1.82) is 0 Å². The predicted molar refractivity (Wildman–Crippen MR) is 111 cm³/mol. The largest absolute Gasteiger partial charge is 0.443 e. The van der Waals surface area contributed by atoms with E-state index in [2.05, 4.69) is 10.1 Å². The van der Waals surface area contributed by atoms with E-state index in [1.807, 2.05) is 24.3 Å². The van der Waals surface area contributed by atoms with Gasteiger partial charge in [-0.1, -0.05) is 23.7 Å². The number of rotatable bonds is 6. The molecule has 1 aromatic carbocycles. The number of carbonyl (C=O) groups is 1. The van der Waals surface area contributed by atoms with Crippen molar-refractivity contribution >= 4 is 17.5 Å². The van der Waals surface area contributed by atoms with Crippen LogP contribution in [0, 0.1) is 6.92 Å². The molecule has 1 atom stereocenters. The Hall–Kier alpha value is -2.74. The Bertz CT molecular complexity index is 1070. The maximum atomic E-state index is 13.3. The maximum absolute atomic E-state index is 13.3. The summed E-state index contributed by atoms with van der Waals surface area (Å²) in [5.41, 5.74) is 1.20. The Morgan fingerprint density at radius 2 is 2.16 bits per heavy atom. The molecule has 1 fully saturated rings. The van der Waals surface area contributed by atoms with Crippen LogP contribution in [0.2, 0.25) is 5.02 Å². The van der Waals surface area contributed by atoms with E-state index in [4.69, 9.17) is 16.0 Å². The molecule has 0 N–H and O–H groups in total. The monoisotopic (exact) mass is 448 g/mol. The number of benzene rings is 1. The number of amides is 1. The molecule has 1 aliphatic heterocycles. The molecule has 0 saturated carbocycles. The summed E-state index contributed by atoms with van der Waals surface area (Å²) in [7, 11) is 0. The van der Waals surface area contributed by atoms with Gasteiger partial charge in [0.2, 0.25) is 11.8 Å². The summed E-state index contributed by atoms with van der Waals surface area (Å²) in [6, 6.07) is 8.50. The molecule has 1 saturated heterocycles. The summed E-state index contributed by atoms with van der Waals surface area (Å²) in [4.78, 5) is 19.1. The average Bonchev–Trinajstić information content (AvgIpc) is 3.34. The number of halogens is 3. The van der Waals surface area contributed by atoms with Gasteiger partial charge in [0, 0.05) is 18.0 Å². The number of nitrogens with zero attached hydrogens (tertiary/aromatic N) is 4. The zero-order valence-electron chi connectivity index (χ0n) is 17.1. The van der Waals surface area contributed by atoms with E-state index in [1.165, 1.54) is 6.07 Å². The minimum absolute atomic E-state index is 0.236. The molecule has 0 aliphatic carbocycles. The standard InChI is InChI=1S/C22H23ClF2N4O2/c1-14-9-19(21(24)25)29(27-14)13-20(30)28-8-3-2-7-18(28)22-26-12-17(31-22)11-15-5-4-6-16(23)10-15/h4-6,9-10,12,18,21H,2-3,7-8,11,13H2,1H3/t18-/m1/s1. The molecule has 164 valence electrons. The van der Waals surface area contributed by atoms with Crippen molar-refractivity contribution in [3.05, 3.63) is 70.2 Å². The van der Waals surface area contributed by atoms with Crippen molar-refractivity contribution < 1.29 is 18.0 Å². The summed E-state index contributed by atoms with van der Waals surface area (Å²) >= 11 is 6.05. The SMILES string of the molecule is Cc1cc(C(F)F)n(CC(=O)N2CCCC[C@@H]2c2ncc(Cc3cccc(Cl)c3)o2)n1. The summed E-state index contributed by atoms with van der Waals surface area (Å²) in [5.74, 6) is 0.873. The Balaban J connectivity index is 1.50. The number of oxazole rings is 1. The van der Waals surface area contributed by atoms with E-state index in [0.29, 0.717) is 41.8 Å². The van der Waals surface area contributed by atoms with Gasteiger partial charge >= 0.3 is 0 Å². The summed E-state index contributed by atoms with van der Waals surface area (Å²) in [6.07, 6.45) is 2.01. The van der Waals surface area contributed by atoms with E-state index in [1.54, 1.807) is 18.0 Å². The molecule has 0 unspecified atom stereocenters. The number of piperidine rings is 1. The third kappa shape index (κ3) is 4.95. The molecule has 6 nitrogen and oxygen atoms in total. The second-order valence-electron chi connectivity index (χ2n) is 7.74. The van der Waals surface area contributed by atoms with Crippen LogP contribution in [0.1, 0.15) is 60.3 Å². The molecule has 3 aromatic rings. The normalized spacial score (nSPS) is 16.8. The van der Waals surface area contributed by atoms with E-state index < -0.39 is 6.43 Å². The van der Waals surface area contributed by atoms with E-state index in [0.717, 1.165) is 23.1 Å². The van der Waals surface area contributed by atoms with Gasteiger partial charge in [-0.3, -0.25) is 9.48 Å². The highest BCUT2D eigenvalue weighted by Gasteiger charge is 2.32. The van der Waals surface area contributed by atoms with Crippen LogP contribution < -0.4 is 0 Å². The third-order valence-corrected chi connectivity index (χ3v) is 5.62. The van der Waals surface area contributed by atoms with Gasteiger partial charge in [-0.2, -0.15) is 5.10 Å². The smallest absolute Gasteiger partial charge is 0.280 e. The molecular weight excluding hydrogens is 426 g/mol. The minimum Gasteiger partial charge on any atom is -0.443 e. The molecule has 1 amide bonds. The second kappa shape index (κ2) is 9.18. The van der Waals surface area contributed by atoms with Crippen LogP contribution in [0.3, 0.4) is 0 Å². The number of hydrogen-bond acceptors (Lipinski definition) is 4. The Morgan fingerprint density at radius 3 is 2.94 bits per heavy atom. The van der Waals surface area contributed by atoms with Crippen LogP contribution in [0.5, 0.6) is 0 Å². The first-order valence-corrected chi connectivity index (χ1v) is 10.6. The van der Waals surface area contributed by atoms with Gasteiger partial charge < -0.3 is 9.32 Å². The molecule has 0 bridgehead atoms. The number of aromatic nitrogens is 3. The second-order valence-corrected chi connectivity index (χ2v) is 8.18. The zero-order chi connectivity index (χ0) is 22.0. The van der Waals surface area contributed by atoms with Crippen LogP contribution in [-0.4, -0.2) is 32.1 Å². The quantitative estimate of drug-likeness (QED) is 0.525. The molecule has 4 rings (SSSR count). The van der Waals surface area contributed by atoms with Crippen LogP contribution in [0.25, 0.3) is 0 Å². The Kier molecular flexibility index (Phi) is 6.36. The van der Waals surface area contributed by atoms with Crippen molar-refractivity contribution in [3.63, 3.8) is 0 Å². The lowest BCUT2D eigenvalue weighted by atomic mass is 10.0. The fraction of sp³-hybridized carbons (Fsp3) is 0.409. The number of carbonyl (C=O) groups excluding carboxylic acids is 1. The number of aryl methyl sites for hydroxylation is 1. The summed E-state index contributed by atoms with van der Waals surface area (Å²) < 4.78 is 33.6. The van der Waals surface area contributed by atoms with E-state index in [9.17, 15) is 13.6 Å². The first kappa shape index (κ1) is 21.5. The first-order valence-electron chi connectivity index (χ1n) is 10.2. The fourth-order valence-corrected chi connectivity index (χ4v) is 4.19. The molecule has 0 spiro atoms. The highest BCUT2D eigenvalue weighted by atomic mass is 35.5. The first-order chi connectivity index (χ1) is 14.9. The number of likely N-dealkylation sites (tertiary alicyclic amines) is 1. The number of hydrogen-bond donors (Lipinski definition) is 0. The molecule has 31 heavy (non-hydrogen) atoms. The Labute approximate surface area is 183 Å². The van der Waals surface area contributed by atoms with Gasteiger partial charge in [0.25, 0.3) is 6.43 Å². The number of alkyl halides is 2. The summed E-state index contributed by atoms with van der Waals surface area (Å²) in [6.45, 7) is 1.92. The van der Waals surface area contributed by atoms with Gasteiger partial charge in [-0.25, -0.2) is 13.8 Å². The van der Waals surface area contributed by atoms with Crippen LogP contribution in [-0.2, 0) is 17.8 Å². The summed E-state index contributed by atoms with van der Waals surface area (Å²) in [5, 5.41) is 4.71. The average molecular weight is 449 g/mol. The molecule has 0 radical (unpaired) electrons. The third-order valence-electron chi connectivity index (χ3n) is 5.39. The zero-order valence-corrected chi connectivity index (χ0v) is 17.9. The minimum atomic E-state index is -2.69. The molecule has 9 heteroatoms. The lowest BCUT2D eigenvalue weighted by molar-refractivity contribution is -0.136. The maximum Gasteiger partial charge on any atom is 0.280 e. The van der Waals surface area contributed by atoms with Crippen molar-refractivity contribution in [2.75, 3.05) is 6.54 Å². The lowest BCUT2D eigenvalue weighted by Crippen LogP contribution is -2.40. The van der Waals surface area contributed by atoms with Gasteiger partial charge in [-0.15, -0.1) is 0 Å². The topological polar surface area (TPSA) is 64.2 Å². The van der Waals surface area contributed by atoms with Crippen molar-refractivity contribution in [1.82, 2.24) is 19.7 Å². The molecular formula is C22H23ClF2N4O2. The van der Waals surface area contributed by atoms with E-state index >= 15 is 0 Å². The van der Waals surface area contributed by atoms with Crippen LogP contribution in [0.15, 0.2) is 40.9 Å². The fourth-order valence-electron chi connectivity index (χ4n) is 3.98. The van der Waals surface area contributed by atoms with E-state index in [-0.39, 0.29) is 24.2 Å². The molecule has 3 heterocycles.